The summed E-state index contributed by atoms with van der Waals surface area (Å²) in [7, 11) is 1.87. The fraction of sp³-hybridized carbons (Fsp3) is 0.824. The lowest BCUT2D eigenvalue weighted by Crippen LogP contribution is -2.49. The van der Waals surface area contributed by atoms with Gasteiger partial charge in [0.2, 0.25) is 0 Å². The molecule has 1 aromatic rings. The molecule has 0 radical (unpaired) electrons. The third-order valence-corrected chi connectivity index (χ3v) is 6.48. The molecular formula is C17H30N6S. The lowest BCUT2D eigenvalue weighted by atomic mass is 10.1. The van der Waals surface area contributed by atoms with Gasteiger partial charge >= 0.3 is 0 Å². The second-order valence-electron chi connectivity index (χ2n) is 6.99. The summed E-state index contributed by atoms with van der Waals surface area (Å²) >= 11 is 2.09. The zero-order valence-electron chi connectivity index (χ0n) is 15.2. The third-order valence-electron chi connectivity index (χ3n) is 4.94. The van der Waals surface area contributed by atoms with E-state index in [2.05, 4.69) is 55.6 Å². The van der Waals surface area contributed by atoms with Crippen LogP contribution in [0.2, 0.25) is 0 Å². The summed E-state index contributed by atoms with van der Waals surface area (Å²) in [5.41, 5.74) is 0. The Labute approximate surface area is 149 Å². The van der Waals surface area contributed by atoms with E-state index in [1.165, 1.54) is 25.0 Å². The molecule has 3 heterocycles. The molecule has 1 fully saturated rings. The lowest BCUT2D eigenvalue weighted by molar-refractivity contribution is 0.380. The van der Waals surface area contributed by atoms with Crippen LogP contribution < -0.4 is 5.32 Å². The molecule has 6 nitrogen and oxygen atoms in total. The summed E-state index contributed by atoms with van der Waals surface area (Å²) in [6.45, 7) is 8.50. The smallest absolute Gasteiger partial charge is 0.194 e. The highest BCUT2D eigenvalue weighted by molar-refractivity contribution is 8.00. The van der Waals surface area contributed by atoms with Gasteiger partial charge in [0.15, 0.2) is 11.8 Å². The zero-order chi connectivity index (χ0) is 16.9. The normalized spacial score (nSPS) is 22.4. The number of nitrogens with one attached hydrogen (secondary N) is 1. The monoisotopic (exact) mass is 350 g/mol. The molecule has 24 heavy (non-hydrogen) atoms. The minimum atomic E-state index is 0.682. The highest BCUT2D eigenvalue weighted by Gasteiger charge is 2.25. The molecule has 1 unspecified atom stereocenters. The Hall–Kier alpha value is -1.24. The van der Waals surface area contributed by atoms with E-state index in [1.807, 2.05) is 7.05 Å². The van der Waals surface area contributed by atoms with E-state index in [-0.39, 0.29) is 0 Å². The molecule has 3 rings (SSSR count). The van der Waals surface area contributed by atoms with Crippen LogP contribution in [0.1, 0.15) is 44.8 Å². The number of aromatic nitrogens is 3. The van der Waals surface area contributed by atoms with Crippen LogP contribution in [-0.2, 0) is 19.5 Å². The minimum absolute atomic E-state index is 0.682. The molecular weight excluding hydrogens is 320 g/mol. The van der Waals surface area contributed by atoms with E-state index >= 15 is 0 Å². The fourth-order valence-electron chi connectivity index (χ4n) is 3.44. The summed E-state index contributed by atoms with van der Waals surface area (Å²) in [4.78, 5) is 6.89. The first-order valence-electron chi connectivity index (χ1n) is 9.17. The van der Waals surface area contributed by atoms with Gasteiger partial charge in [-0.05, 0) is 18.8 Å². The zero-order valence-corrected chi connectivity index (χ0v) is 16.0. The van der Waals surface area contributed by atoms with Crippen LogP contribution in [0.3, 0.4) is 0 Å². The summed E-state index contributed by atoms with van der Waals surface area (Å²) in [5.74, 6) is 5.05. The predicted molar refractivity (Wildman–Crippen MR) is 100 cm³/mol. The number of fused-ring (bicyclic) bond motifs is 1. The van der Waals surface area contributed by atoms with Crippen LogP contribution in [0, 0.1) is 5.92 Å². The van der Waals surface area contributed by atoms with Crippen LogP contribution in [0.5, 0.6) is 0 Å². The van der Waals surface area contributed by atoms with Gasteiger partial charge in [0.1, 0.15) is 5.82 Å². The first-order valence-corrected chi connectivity index (χ1v) is 10.2. The van der Waals surface area contributed by atoms with Crippen molar-refractivity contribution in [1.29, 1.82) is 0 Å². The van der Waals surface area contributed by atoms with E-state index in [0.717, 1.165) is 43.7 Å². The summed E-state index contributed by atoms with van der Waals surface area (Å²) in [6, 6.07) is 0. The third kappa shape index (κ3) is 4.05. The maximum Gasteiger partial charge on any atom is 0.194 e. The Morgan fingerprint density at radius 2 is 2.17 bits per heavy atom. The number of guanidine groups is 1. The Balaban J connectivity index is 1.61. The lowest BCUT2D eigenvalue weighted by Gasteiger charge is -2.36. The Bertz CT molecular complexity index is 567. The van der Waals surface area contributed by atoms with E-state index < -0.39 is 0 Å². The van der Waals surface area contributed by atoms with Crippen LogP contribution >= 0.6 is 11.8 Å². The molecule has 1 saturated heterocycles. The van der Waals surface area contributed by atoms with Crippen molar-refractivity contribution in [2.75, 3.05) is 25.9 Å². The molecule has 0 saturated carbocycles. The van der Waals surface area contributed by atoms with Gasteiger partial charge in [-0.1, -0.05) is 20.3 Å². The second kappa shape index (κ2) is 8.23. The fourth-order valence-corrected chi connectivity index (χ4v) is 4.74. The molecule has 0 bridgehead atoms. The second-order valence-corrected chi connectivity index (χ2v) is 8.34. The number of nitrogens with zero attached hydrogens (tertiary/aromatic N) is 5. The highest BCUT2D eigenvalue weighted by atomic mass is 32.2. The van der Waals surface area contributed by atoms with Crippen LogP contribution in [-0.4, -0.2) is 56.8 Å². The van der Waals surface area contributed by atoms with E-state index in [1.54, 1.807) is 0 Å². The van der Waals surface area contributed by atoms with Gasteiger partial charge in [0, 0.05) is 44.1 Å². The Morgan fingerprint density at radius 1 is 1.29 bits per heavy atom. The molecule has 2 aliphatic heterocycles. The maximum atomic E-state index is 4.50. The predicted octanol–water partition coefficient (Wildman–Crippen LogP) is 2.15. The number of hydrogen-bond acceptors (Lipinski definition) is 4. The summed E-state index contributed by atoms with van der Waals surface area (Å²) in [6.07, 6.45) is 4.81. The van der Waals surface area contributed by atoms with Gasteiger partial charge in [0.25, 0.3) is 0 Å². The molecule has 1 aromatic heterocycles. The van der Waals surface area contributed by atoms with Crippen molar-refractivity contribution in [1.82, 2.24) is 25.0 Å². The average Bonchev–Trinajstić information content (AvgIpc) is 2.82. The van der Waals surface area contributed by atoms with E-state index in [4.69, 9.17) is 0 Å². The summed E-state index contributed by atoms with van der Waals surface area (Å²) < 4.78 is 2.30. The molecule has 1 N–H and O–H groups in total. The Morgan fingerprint density at radius 3 is 2.96 bits per heavy atom. The van der Waals surface area contributed by atoms with Crippen LogP contribution in [0.4, 0.5) is 0 Å². The van der Waals surface area contributed by atoms with Crippen LogP contribution in [0.15, 0.2) is 4.99 Å². The SMILES string of the molecule is CN=C(NCc1nnc2n1CCCCC2)N1CCSC(C(C)C)C1. The number of aliphatic imine (C=N–C) groups is 1. The van der Waals surface area contributed by atoms with Crippen molar-refractivity contribution in [2.24, 2.45) is 10.9 Å². The standard InChI is InChI=1S/C17H30N6S/c1-13(2)14-12-22(9-10-24-14)17(18-3)19-11-16-21-20-15-7-5-4-6-8-23(15)16/h13-14H,4-12H2,1-3H3,(H,18,19). The quantitative estimate of drug-likeness (QED) is 0.669. The van der Waals surface area contributed by atoms with Gasteiger partial charge in [0.05, 0.1) is 6.54 Å². The van der Waals surface area contributed by atoms with Crippen molar-refractivity contribution >= 4 is 17.7 Å². The summed E-state index contributed by atoms with van der Waals surface area (Å²) in [5, 5.41) is 13.0. The maximum absolute atomic E-state index is 4.50. The first kappa shape index (κ1) is 17.6. The topological polar surface area (TPSA) is 58.3 Å². The van der Waals surface area contributed by atoms with Crippen molar-refractivity contribution in [2.45, 2.75) is 57.9 Å². The molecule has 7 heteroatoms. The minimum Gasteiger partial charge on any atom is -0.349 e. The van der Waals surface area contributed by atoms with Gasteiger partial charge in [-0.2, -0.15) is 11.8 Å². The molecule has 1 atom stereocenters. The first-order chi connectivity index (χ1) is 11.7. The van der Waals surface area contributed by atoms with Crippen LogP contribution in [0.25, 0.3) is 0 Å². The van der Waals surface area contributed by atoms with E-state index in [0.29, 0.717) is 17.7 Å². The molecule has 0 aromatic carbocycles. The van der Waals surface area contributed by atoms with Gasteiger partial charge in [-0.15, -0.1) is 10.2 Å². The van der Waals surface area contributed by atoms with E-state index in [9.17, 15) is 0 Å². The van der Waals surface area contributed by atoms with Crippen molar-refractivity contribution in [3.63, 3.8) is 0 Å². The Kier molecular flexibility index (Phi) is 6.03. The van der Waals surface area contributed by atoms with Gasteiger partial charge in [-0.3, -0.25) is 4.99 Å². The molecule has 0 aliphatic carbocycles. The number of rotatable bonds is 3. The van der Waals surface area contributed by atoms with Crippen molar-refractivity contribution < 1.29 is 0 Å². The van der Waals surface area contributed by atoms with Gasteiger partial charge in [-0.25, -0.2) is 0 Å². The van der Waals surface area contributed by atoms with Gasteiger partial charge < -0.3 is 14.8 Å². The largest absolute Gasteiger partial charge is 0.349 e. The number of hydrogen-bond donors (Lipinski definition) is 1. The van der Waals surface area contributed by atoms with Crippen molar-refractivity contribution in [3.8, 4) is 0 Å². The van der Waals surface area contributed by atoms with Crippen molar-refractivity contribution in [3.05, 3.63) is 11.6 Å². The number of thioether (sulfide) groups is 1. The molecule has 134 valence electrons. The number of aryl methyl sites for hydroxylation is 1. The molecule has 2 aliphatic rings. The highest BCUT2D eigenvalue weighted by Crippen LogP contribution is 2.25. The molecule has 0 amide bonds. The average molecular weight is 351 g/mol. The molecule has 0 spiro atoms.